The van der Waals surface area contributed by atoms with Crippen LogP contribution < -0.4 is 0 Å². The molecule has 1 saturated heterocycles. The Kier molecular flexibility index (Phi) is 5.56. The van der Waals surface area contributed by atoms with Crippen molar-refractivity contribution in [1.82, 2.24) is 9.21 Å². The van der Waals surface area contributed by atoms with Gasteiger partial charge in [0, 0.05) is 32.7 Å². The van der Waals surface area contributed by atoms with Crippen LogP contribution in [0.2, 0.25) is 0 Å². The number of hydrogen-bond donors (Lipinski definition) is 1. The standard InChI is InChI=1S/C10H22N2O2S2/c1-3-10(9-15)8-11-4-6-12(7-5-11)16(2,13)14/h10,15H,3-9H2,1-2H3. The number of thiol groups is 1. The summed E-state index contributed by atoms with van der Waals surface area (Å²) in [5, 5.41) is 0. The van der Waals surface area contributed by atoms with Crippen LogP contribution in [0.15, 0.2) is 0 Å². The molecule has 0 amide bonds. The molecule has 1 unspecified atom stereocenters. The minimum absolute atomic E-state index is 0.619. The van der Waals surface area contributed by atoms with Gasteiger partial charge < -0.3 is 4.90 Å². The van der Waals surface area contributed by atoms with Crippen LogP contribution in [0.25, 0.3) is 0 Å². The highest BCUT2D eigenvalue weighted by molar-refractivity contribution is 7.88. The average Bonchev–Trinajstić information content (AvgIpc) is 2.25. The number of nitrogens with zero attached hydrogens (tertiary/aromatic N) is 2. The van der Waals surface area contributed by atoms with E-state index in [4.69, 9.17) is 0 Å². The first kappa shape index (κ1) is 14.3. The summed E-state index contributed by atoms with van der Waals surface area (Å²) in [5.41, 5.74) is 0. The average molecular weight is 266 g/mol. The maximum Gasteiger partial charge on any atom is 0.211 e. The summed E-state index contributed by atoms with van der Waals surface area (Å²) in [6.45, 7) is 6.16. The summed E-state index contributed by atoms with van der Waals surface area (Å²) in [7, 11) is -3.00. The Morgan fingerprint density at radius 3 is 2.19 bits per heavy atom. The molecule has 1 aliphatic heterocycles. The van der Waals surface area contributed by atoms with Crippen molar-refractivity contribution in [2.75, 3.05) is 44.7 Å². The Hall–Kier alpha value is 0.220. The highest BCUT2D eigenvalue weighted by atomic mass is 32.2. The lowest BCUT2D eigenvalue weighted by Crippen LogP contribution is -2.49. The minimum atomic E-state index is -3.00. The van der Waals surface area contributed by atoms with Crippen LogP contribution in [0.5, 0.6) is 0 Å². The fraction of sp³-hybridized carbons (Fsp3) is 1.00. The molecule has 0 N–H and O–H groups in total. The van der Waals surface area contributed by atoms with Crippen molar-refractivity contribution in [2.45, 2.75) is 13.3 Å². The third-order valence-electron chi connectivity index (χ3n) is 3.15. The zero-order chi connectivity index (χ0) is 12.2. The summed E-state index contributed by atoms with van der Waals surface area (Å²) in [4.78, 5) is 2.34. The molecule has 0 aromatic carbocycles. The maximum absolute atomic E-state index is 11.3. The zero-order valence-corrected chi connectivity index (χ0v) is 11.8. The lowest BCUT2D eigenvalue weighted by atomic mass is 10.1. The van der Waals surface area contributed by atoms with E-state index in [0.29, 0.717) is 19.0 Å². The topological polar surface area (TPSA) is 40.6 Å². The second-order valence-electron chi connectivity index (χ2n) is 4.42. The normalized spacial score (nSPS) is 22.2. The number of rotatable bonds is 5. The predicted octanol–water partition coefficient (Wildman–Crippen LogP) is 0.520. The largest absolute Gasteiger partial charge is 0.300 e. The minimum Gasteiger partial charge on any atom is -0.300 e. The Labute approximate surface area is 104 Å². The van der Waals surface area contributed by atoms with Gasteiger partial charge in [-0.3, -0.25) is 0 Å². The summed E-state index contributed by atoms with van der Waals surface area (Å²) < 4.78 is 24.2. The second-order valence-corrected chi connectivity index (χ2v) is 6.77. The van der Waals surface area contributed by atoms with E-state index in [1.54, 1.807) is 4.31 Å². The molecule has 1 rings (SSSR count). The first-order chi connectivity index (χ1) is 7.47. The molecular weight excluding hydrogens is 244 g/mol. The quantitative estimate of drug-likeness (QED) is 0.738. The van der Waals surface area contributed by atoms with Crippen LogP contribution in [0, 0.1) is 5.92 Å². The molecule has 0 aliphatic carbocycles. The Morgan fingerprint density at radius 2 is 1.81 bits per heavy atom. The molecule has 4 nitrogen and oxygen atoms in total. The lowest BCUT2D eigenvalue weighted by molar-refractivity contribution is 0.168. The van der Waals surface area contributed by atoms with E-state index in [9.17, 15) is 8.42 Å². The summed E-state index contributed by atoms with van der Waals surface area (Å²) in [5.74, 6) is 1.52. The molecule has 0 saturated carbocycles. The molecule has 1 atom stereocenters. The molecule has 1 heterocycles. The van der Waals surface area contributed by atoms with Crippen LogP contribution in [0.4, 0.5) is 0 Å². The molecule has 0 bridgehead atoms. The third kappa shape index (κ3) is 4.24. The molecular formula is C10H22N2O2S2. The SMILES string of the molecule is CCC(CS)CN1CCN(S(C)(=O)=O)CC1. The smallest absolute Gasteiger partial charge is 0.211 e. The highest BCUT2D eigenvalue weighted by Crippen LogP contribution is 2.11. The first-order valence-corrected chi connectivity index (χ1v) is 8.23. The highest BCUT2D eigenvalue weighted by Gasteiger charge is 2.24. The molecule has 16 heavy (non-hydrogen) atoms. The molecule has 0 aromatic rings. The molecule has 6 heteroatoms. The van der Waals surface area contributed by atoms with E-state index in [1.165, 1.54) is 6.26 Å². The van der Waals surface area contributed by atoms with Crippen molar-refractivity contribution < 1.29 is 8.42 Å². The summed E-state index contributed by atoms with van der Waals surface area (Å²) in [6, 6.07) is 0. The van der Waals surface area contributed by atoms with Crippen molar-refractivity contribution in [2.24, 2.45) is 5.92 Å². The van der Waals surface area contributed by atoms with Gasteiger partial charge in [0.15, 0.2) is 0 Å². The fourth-order valence-electron chi connectivity index (χ4n) is 1.92. The van der Waals surface area contributed by atoms with Gasteiger partial charge in [0.2, 0.25) is 10.0 Å². The van der Waals surface area contributed by atoms with Crippen LogP contribution in [-0.2, 0) is 10.0 Å². The molecule has 1 fully saturated rings. The summed E-state index contributed by atoms with van der Waals surface area (Å²) in [6.07, 6.45) is 2.42. The lowest BCUT2D eigenvalue weighted by Gasteiger charge is -2.34. The van der Waals surface area contributed by atoms with Gasteiger partial charge in [0.1, 0.15) is 0 Å². The van der Waals surface area contributed by atoms with Gasteiger partial charge in [-0.25, -0.2) is 8.42 Å². The maximum atomic E-state index is 11.3. The third-order valence-corrected chi connectivity index (χ3v) is 4.97. The Bertz CT molecular complexity index is 294. The Balaban J connectivity index is 2.38. The van der Waals surface area contributed by atoms with Gasteiger partial charge in [0.05, 0.1) is 6.26 Å². The molecule has 0 aromatic heterocycles. The predicted molar refractivity (Wildman–Crippen MR) is 70.5 cm³/mol. The van der Waals surface area contributed by atoms with Crippen LogP contribution >= 0.6 is 12.6 Å². The van der Waals surface area contributed by atoms with Crippen molar-refractivity contribution >= 4 is 22.7 Å². The van der Waals surface area contributed by atoms with Gasteiger partial charge in [-0.1, -0.05) is 13.3 Å². The van der Waals surface area contributed by atoms with Gasteiger partial charge in [-0.2, -0.15) is 16.9 Å². The van der Waals surface area contributed by atoms with Gasteiger partial charge in [-0.15, -0.1) is 0 Å². The van der Waals surface area contributed by atoms with Crippen molar-refractivity contribution in [3.05, 3.63) is 0 Å². The number of sulfonamides is 1. The molecule has 0 radical (unpaired) electrons. The monoisotopic (exact) mass is 266 g/mol. The van der Waals surface area contributed by atoms with E-state index in [-0.39, 0.29) is 0 Å². The Morgan fingerprint density at radius 1 is 1.25 bits per heavy atom. The van der Waals surface area contributed by atoms with Crippen LogP contribution in [-0.4, -0.2) is 62.4 Å². The summed E-state index contributed by atoms with van der Waals surface area (Å²) >= 11 is 4.33. The molecule has 1 aliphatic rings. The second kappa shape index (κ2) is 6.23. The van der Waals surface area contributed by atoms with E-state index >= 15 is 0 Å². The van der Waals surface area contributed by atoms with Crippen molar-refractivity contribution in [1.29, 1.82) is 0 Å². The van der Waals surface area contributed by atoms with Crippen LogP contribution in [0.3, 0.4) is 0 Å². The van der Waals surface area contributed by atoms with E-state index in [2.05, 4.69) is 24.5 Å². The molecule has 0 spiro atoms. The van der Waals surface area contributed by atoms with Crippen molar-refractivity contribution in [3.8, 4) is 0 Å². The number of hydrogen-bond acceptors (Lipinski definition) is 4. The van der Waals surface area contributed by atoms with Crippen molar-refractivity contribution in [3.63, 3.8) is 0 Å². The van der Waals surface area contributed by atoms with Gasteiger partial charge >= 0.3 is 0 Å². The van der Waals surface area contributed by atoms with E-state index in [0.717, 1.165) is 31.8 Å². The van der Waals surface area contributed by atoms with E-state index < -0.39 is 10.0 Å². The number of piperazine rings is 1. The van der Waals surface area contributed by atoms with E-state index in [1.807, 2.05) is 0 Å². The van der Waals surface area contributed by atoms with Crippen LogP contribution in [0.1, 0.15) is 13.3 Å². The van der Waals surface area contributed by atoms with Gasteiger partial charge in [-0.05, 0) is 11.7 Å². The molecule has 96 valence electrons. The fourth-order valence-corrected chi connectivity index (χ4v) is 3.13. The first-order valence-electron chi connectivity index (χ1n) is 5.75. The zero-order valence-electron chi connectivity index (χ0n) is 10.1. The van der Waals surface area contributed by atoms with Gasteiger partial charge in [0.25, 0.3) is 0 Å².